The Hall–Kier alpha value is -1.80. The maximum absolute atomic E-state index is 5.47. The molecule has 0 spiro atoms. The van der Waals surface area contributed by atoms with Gasteiger partial charge >= 0.3 is 0 Å². The van der Waals surface area contributed by atoms with Crippen LogP contribution in [-0.4, -0.2) is 13.2 Å². The van der Waals surface area contributed by atoms with Crippen LogP contribution in [-0.2, 0) is 0 Å². The molecule has 0 aromatic heterocycles. The molecule has 106 valence electrons. The molecule has 0 aliphatic carbocycles. The summed E-state index contributed by atoms with van der Waals surface area (Å²) in [6, 6.07) is 17.4. The molecule has 1 unspecified atom stereocenters. The second-order valence-corrected chi connectivity index (χ2v) is 4.86. The molecular formula is C18H23NO. The topological polar surface area (TPSA) is 21.3 Å². The smallest absolute Gasteiger partial charge is 0.119 e. The molecule has 0 radical (unpaired) electrons. The molecule has 2 nitrogen and oxygen atoms in total. The van der Waals surface area contributed by atoms with Gasteiger partial charge in [0.05, 0.1) is 6.61 Å². The Bertz CT molecular complexity index is 516. The highest BCUT2D eigenvalue weighted by atomic mass is 16.5. The zero-order chi connectivity index (χ0) is 14.4. The van der Waals surface area contributed by atoms with Crippen LogP contribution in [0.15, 0.2) is 48.5 Å². The first-order valence-corrected chi connectivity index (χ1v) is 7.31. The highest BCUT2D eigenvalue weighted by Gasteiger charge is 2.04. The quantitative estimate of drug-likeness (QED) is 0.838. The zero-order valence-electron chi connectivity index (χ0n) is 12.5. The molecule has 0 aliphatic rings. The SMILES string of the molecule is CCNC(C)c1ccc(-c2ccc(OCC)cc2)cc1. The van der Waals surface area contributed by atoms with Crippen molar-refractivity contribution in [1.82, 2.24) is 5.32 Å². The highest BCUT2D eigenvalue weighted by molar-refractivity contribution is 5.64. The van der Waals surface area contributed by atoms with Gasteiger partial charge in [-0.3, -0.25) is 0 Å². The average Bonchev–Trinajstić information content (AvgIpc) is 2.49. The predicted octanol–water partition coefficient (Wildman–Crippen LogP) is 4.42. The minimum Gasteiger partial charge on any atom is -0.494 e. The lowest BCUT2D eigenvalue weighted by atomic mass is 10.0. The summed E-state index contributed by atoms with van der Waals surface area (Å²) in [6.45, 7) is 8.01. The lowest BCUT2D eigenvalue weighted by Gasteiger charge is -2.13. The molecule has 2 rings (SSSR count). The van der Waals surface area contributed by atoms with Crippen LogP contribution < -0.4 is 10.1 Å². The van der Waals surface area contributed by atoms with E-state index in [4.69, 9.17) is 4.74 Å². The van der Waals surface area contributed by atoms with Crippen LogP contribution in [0.4, 0.5) is 0 Å². The molecule has 0 aliphatic heterocycles. The van der Waals surface area contributed by atoms with Gasteiger partial charge in [0.25, 0.3) is 0 Å². The Morgan fingerprint density at radius 1 is 0.900 bits per heavy atom. The van der Waals surface area contributed by atoms with Crippen molar-refractivity contribution < 1.29 is 4.74 Å². The molecule has 0 saturated carbocycles. The molecule has 2 aromatic carbocycles. The summed E-state index contributed by atoms with van der Waals surface area (Å²) in [4.78, 5) is 0. The van der Waals surface area contributed by atoms with Gasteiger partial charge in [-0.2, -0.15) is 0 Å². The van der Waals surface area contributed by atoms with E-state index in [9.17, 15) is 0 Å². The molecule has 1 N–H and O–H groups in total. The zero-order valence-corrected chi connectivity index (χ0v) is 12.5. The van der Waals surface area contributed by atoms with Gasteiger partial charge in [0.2, 0.25) is 0 Å². The maximum atomic E-state index is 5.47. The molecule has 0 saturated heterocycles. The lowest BCUT2D eigenvalue weighted by Crippen LogP contribution is -2.17. The van der Waals surface area contributed by atoms with Crippen molar-refractivity contribution in [2.24, 2.45) is 0 Å². The van der Waals surface area contributed by atoms with Crippen LogP contribution >= 0.6 is 0 Å². The van der Waals surface area contributed by atoms with Crippen molar-refractivity contribution in [1.29, 1.82) is 0 Å². The standard InChI is InChI=1S/C18H23NO/c1-4-19-14(3)15-6-8-16(9-7-15)17-10-12-18(13-11-17)20-5-2/h6-14,19H,4-5H2,1-3H3. The number of nitrogens with one attached hydrogen (secondary N) is 1. The normalized spacial score (nSPS) is 12.2. The van der Waals surface area contributed by atoms with Gasteiger partial charge in [0.1, 0.15) is 5.75 Å². The van der Waals surface area contributed by atoms with Gasteiger partial charge in [0, 0.05) is 6.04 Å². The Kier molecular flexibility index (Phi) is 5.19. The third kappa shape index (κ3) is 3.61. The molecule has 0 amide bonds. The van der Waals surface area contributed by atoms with Crippen LogP contribution in [0.2, 0.25) is 0 Å². The summed E-state index contributed by atoms with van der Waals surface area (Å²) in [5, 5.41) is 3.43. The van der Waals surface area contributed by atoms with Crippen molar-refractivity contribution in [2.75, 3.05) is 13.2 Å². The summed E-state index contributed by atoms with van der Waals surface area (Å²) < 4.78 is 5.47. The molecule has 20 heavy (non-hydrogen) atoms. The fourth-order valence-electron chi connectivity index (χ4n) is 2.30. The van der Waals surface area contributed by atoms with Gasteiger partial charge in [-0.1, -0.05) is 43.3 Å². The molecule has 2 aromatic rings. The molecule has 0 fully saturated rings. The number of benzene rings is 2. The van der Waals surface area contributed by atoms with Gasteiger partial charge in [-0.05, 0) is 49.2 Å². The van der Waals surface area contributed by atoms with Gasteiger partial charge < -0.3 is 10.1 Å². The molecule has 1 atom stereocenters. The molecular weight excluding hydrogens is 246 g/mol. The molecule has 0 bridgehead atoms. The van der Waals surface area contributed by atoms with Gasteiger partial charge in [0.15, 0.2) is 0 Å². The number of rotatable bonds is 6. The number of hydrogen-bond donors (Lipinski definition) is 1. The first-order valence-electron chi connectivity index (χ1n) is 7.31. The van der Waals surface area contributed by atoms with Crippen LogP contribution in [0.3, 0.4) is 0 Å². The minimum absolute atomic E-state index is 0.398. The fraction of sp³-hybridized carbons (Fsp3) is 0.333. The minimum atomic E-state index is 0.398. The Morgan fingerprint density at radius 2 is 1.45 bits per heavy atom. The monoisotopic (exact) mass is 269 g/mol. The fourth-order valence-corrected chi connectivity index (χ4v) is 2.30. The largest absolute Gasteiger partial charge is 0.494 e. The Morgan fingerprint density at radius 3 is 1.95 bits per heavy atom. The van der Waals surface area contributed by atoms with E-state index in [1.165, 1.54) is 16.7 Å². The van der Waals surface area contributed by atoms with Crippen LogP contribution in [0.1, 0.15) is 32.4 Å². The van der Waals surface area contributed by atoms with E-state index in [0.717, 1.165) is 12.3 Å². The van der Waals surface area contributed by atoms with Crippen molar-refractivity contribution in [3.63, 3.8) is 0 Å². The van der Waals surface area contributed by atoms with Crippen molar-refractivity contribution in [3.8, 4) is 16.9 Å². The summed E-state index contributed by atoms with van der Waals surface area (Å²) >= 11 is 0. The van der Waals surface area contributed by atoms with Crippen molar-refractivity contribution in [3.05, 3.63) is 54.1 Å². The molecule has 0 heterocycles. The third-order valence-electron chi connectivity index (χ3n) is 3.42. The second-order valence-electron chi connectivity index (χ2n) is 4.86. The van der Waals surface area contributed by atoms with E-state index in [1.807, 2.05) is 19.1 Å². The van der Waals surface area contributed by atoms with E-state index in [0.29, 0.717) is 12.6 Å². The first-order chi connectivity index (χ1) is 9.74. The van der Waals surface area contributed by atoms with E-state index in [-0.39, 0.29) is 0 Å². The predicted molar refractivity (Wildman–Crippen MR) is 85.1 cm³/mol. The summed E-state index contributed by atoms with van der Waals surface area (Å²) in [7, 11) is 0. The first kappa shape index (κ1) is 14.6. The van der Waals surface area contributed by atoms with Crippen LogP contribution in [0.25, 0.3) is 11.1 Å². The van der Waals surface area contributed by atoms with Gasteiger partial charge in [-0.15, -0.1) is 0 Å². The van der Waals surface area contributed by atoms with E-state index >= 15 is 0 Å². The number of ether oxygens (including phenoxy) is 1. The number of hydrogen-bond acceptors (Lipinski definition) is 2. The summed E-state index contributed by atoms with van der Waals surface area (Å²) in [5.41, 5.74) is 3.78. The van der Waals surface area contributed by atoms with Crippen LogP contribution in [0, 0.1) is 0 Å². The van der Waals surface area contributed by atoms with Crippen molar-refractivity contribution in [2.45, 2.75) is 26.8 Å². The maximum Gasteiger partial charge on any atom is 0.119 e. The van der Waals surface area contributed by atoms with Gasteiger partial charge in [-0.25, -0.2) is 0 Å². The third-order valence-corrected chi connectivity index (χ3v) is 3.42. The lowest BCUT2D eigenvalue weighted by molar-refractivity contribution is 0.340. The Balaban J connectivity index is 2.13. The highest BCUT2D eigenvalue weighted by Crippen LogP contribution is 2.24. The van der Waals surface area contributed by atoms with Crippen molar-refractivity contribution >= 4 is 0 Å². The average molecular weight is 269 g/mol. The van der Waals surface area contributed by atoms with E-state index in [1.54, 1.807) is 0 Å². The molecule has 2 heteroatoms. The summed E-state index contributed by atoms with van der Waals surface area (Å²) in [6.07, 6.45) is 0. The Labute approximate surface area is 121 Å². The summed E-state index contributed by atoms with van der Waals surface area (Å²) in [5.74, 6) is 0.925. The van der Waals surface area contributed by atoms with Crippen LogP contribution in [0.5, 0.6) is 5.75 Å². The second kappa shape index (κ2) is 7.11. The van der Waals surface area contributed by atoms with E-state index < -0.39 is 0 Å². The van der Waals surface area contributed by atoms with E-state index in [2.05, 4.69) is 55.6 Å².